The van der Waals surface area contributed by atoms with Gasteiger partial charge in [-0.05, 0) is 38.6 Å². The average molecular weight is 226 g/mol. The molecule has 0 aromatic heterocycles. The molecule has 2 N–H and O–H groups in total. The van der Waals surface area contributed by atoms with Gasteiger partial charge in [-0.1, -0.05) is 32.8 Å². The fourth-order valence-corrected chi connectivity index (χ4v) is 1.82. The number of hydrogen-bond donors (Lipinski definition) is 1. The third-order valence-corrected chi connectivity index (χ3v) is 3.53. The van der Waals surface area contributed by atoms with Crippen molar-refractivity contribution in [2.24, 2.45) is 17.6 Å². The van der Waals surface area contributed by atoms with E-state index in [1.165, 1.54) is 24.1 Å². The van der Waals surface area contributed by atoms with Crippen LogP contribution >= 0.6 is 0 Å². The van der Waals surface area contributed by atoms with Gasteiger partial charge in [-0.2, -0.15) is 0 Å². The van der Waals surface area contributed by atoms with Crippen LogP contribution in [0.25, 0.3) is 0 Å². The van der Waals surface area contributed by atoms with Crippen LogP contribution in [0.4, 0.5) is 0 Å². The number of nitrogens with zero attached hydrogens (tertiary/aromatic N) is 1. The first kappa shape index (κ1) is 15.5. The molecular weight excluding hydrogens is 196 g/mol. The van der Waals surface area contributed by atoms with Crippen molar-refractivity contribution in [1.82, 2.24) is 4.90 Å². The molecule has 0 radical (unpaired) electrons. The van der Waals surface area contributed by atoms with E-state index < -0.39 is 0 Å². The molecule has 0 rings (SSSR count). The van der Waals surface area contributed by atoms with Crippen molar-refractivity contribution in [2.45, 2.75) is 47.5 Å². The zero-order valence-corrected chi connectivity index (χ0v) is 12.0. The van der Waals surface area contributed by atoms with Gasteiger partial charge in [0.05, 0.1) is 0 Å². The molecule has 16 heavy (non-hydrogen) atoms. The lowest BCUT2D eigenvalue weighted by atomic mass is 9.98. The second-order valence-electron chi connectivity index (χ2n) is 5.30. The topological polar surface area (TPSA) is 29.3 Å². The van der Waals surface area contributed by atoms with Crippen LogP contribution in [0.2, 0.25) is 0 Å². The van der Waals surface area contributed by atoms with E-state index in [-0.39, 0.29) is 0 Å². The molecule has 0 amide bonds. The second-order valence-corrected chi connectivity index (χ2v) is 5.30. The highest BCUT2D eigenvalue weighted by Crippen LogP contribution is 2.19. The Morgan fingerprint density at radius 3 is 2.19 bits per heavy atom. The molecule has 2 heteroatoms. The summed E-state index contributed by atoms with van der Waals surface area (Å²) in [6, 6.07) is 0. The van der Waals surface area contributed by atoms with E-state index in [2.05, 4.69) is 46.6 Å². The van der Waals surface area contributed by atoms with Crippen molar-refractivity contribution >= 4 is 0 Å². The summed E-state index contributed by atoms with van der Waals surface area (Å²) in [5, 5.41) is 0. The molecule has 0 bridgehead atoms. The SMILES string of the molecule is CCC(C)C/C(C)=C(/C)N(C)CC(C)CN. The van der Waals surface area contributed by atoms with Crippen LogP contribution in [0.1, 0.15) is 47.5 Å². The molecule has 0 aliphatic rings. The lowest BCUT2D eigenvalue weighted by molar-refractivity contribution is 0.346. The molecule has 0 aliphatic heterocycles. The van der Waals surface area contributed by atoms with Crippen LogP contribution in [0.3, 0.4) is 0 Å². The molecule has 2 nitrogen and oxygen atoms in total. The maximum atomic E-state index is 5.66. The Labute approximate surface area is 102 Å². The third kappa shape index (κ3) is 5.55. The molecule has 2 unspecified atom stereocenters. The van der Waals surface area contributed by atoms with Gasteiger partial charge in [-0.3, -0.25) is 0 Å². The fraction of sp³-hybridized carbons (Fsp3) is 0.857. The van der Waals surface area contributed by atoms with Crippen molar-refractivity contribution in [3.05, 3.63) is 11.3 Å². The van der Waals surface area contributed by atoms with Gasteiger partial charge in [0.25, 0.3) is 0 Å². The van der Waals surface area contributed by atoms with Crippen molar-refractivity contribution < 1.29 is 0 Å². The Morgan fingerprint density at radius 2 is 1.75 bits per heavy atom. The summed E-state index contributed by atoms with van der Waals surface area (Å²) in [6.45, 7) is 13.1. The molecule has 0 aromatic carbocycles. The van der Waals surface area contributed by atoms with Crippen molar-refractivity contribution in [2.75, 3.05) is 20.1 Å². The van der Waals surface area contributed by atoms with Crippen LogP contribution in [0, 0.1) is 11.8 Å². The predicted octanol–water partition coefficient (Wildman–Crippen LogP) is 3.24. The van der Waals surface area contributed by atoms with Gasteiger partial charge in [-0.25, -0.2) is 0 Å². The van der Waals surface area contributed by atoms with Crippen LogP contribution in [0.5, 0.6) is 0 Å². The maximum Gasteiger partial charge on any atom is 0.0209 e. The molecule has 2 atom stereocenters. The average Bonchev–Trinajstić information content (AvgIpc) is 2.27. The summed E-state index contributed by atoms with van der Waals surface area (Å²) >= 11 is 0. The second kappa shape index (κ2) is 7.72. The Balaban J connectivity index is 4.37. The van der Waals surface area contributed by atoms with E-state index in [1.54, 1.807) is 0 Å². The number of hydrogen-bond acceptors (Lipinski definition) is 2. The van der Waals surface area contributed by atoms with E-state index in [0.29, 0.717) is 5.92 Å². The molecule has 0 aromatic rings. The number of rotatable bonds is 7. The molecule has 0 spiro atoms. The maximum absolute atomic E-state index is 5.66. The van der Waals surface area contributed by atoms with Gasteiger partial charge < -0.3 is 10.6 Å². The predicted molar refractivity (Wildman–Crippen MR) is 73.3 cm³/mol. The van der Waals surface area contributed by atoms with Gasteiger partial charge in [0.2, 0.25) is 0 Å². The van der Waals surface area contributed by atoms with Gasteiger partial charge in [-0.15, -0.1) is 0 Å². The smallest absolute Gasteiger partial charge is 0.0209 e. The van der Waals surface area contributed by atoms with E-state index >= 15 is 0 Å². The zero-order chi connectivity index (χ0) is 12.7. The summed E-state index contributed by atoms with van der Waals surface area (Å²) in [5.74, 6) is 1.35. The fourth-order valence-electron chi connectivity index (χ4n) is 1.82. The van der Waals surface area contributed by atoms with Crippen LogP contribution in [0.15, 0.2) is 11.3 Å². The molecule has 0 saturated carbocycles. The summed E-state index contributed by atoms with van der Waals surface area (Å²) in [7, 11) is 2.17. The minimum absolute atomic E-state index is 0.566. The Morgan fingerprint density at radius 1 is 1.19 bits per heavy atom. The Kier molecular flexibility index (Phi) is 7.48. The number of allylic oxidation sites excluding steroid dienone is 2. The first-order valence-electron chi connectivity index (χ1n) is 6.49. The normalized spacial score (nSPS) is 16.7. The molecule has 0 fully saturated rings. The first-order valence-corrected chi connectivity index (χ1v) is 6.49. The monoisotopic (exact) mass is 226 g/mol. The van der Waals surface area contributed by atoms with Crippen LogP contribution < -0.4 is 5.73 Å². The van der Waals surface area contributed by atoms with E-state index in [0.717, 1.165) is 19.0 Å². The quantitative estimate of drug-likeness (QED) is 0.722. The Bertz CT molecular complexity index is 221. The first-order chi connectivity index (χ1) is 7.42. The molecule has 0 saturated heterocycles. The highest BCUT2D eigenvalue weighted by Gasteiger charge is 2.09. The Hall–Kier alpha value is -0.500. The summed E-state index contributed by atoms with van der Waals surface area (Å²) in [6.07, 6.45) is 2.47. The van der Waals surface area contributed by atoms with E-state index in [1.807, 2.05) is 0 Å². The summed E-state index contributed by atoms with van der Waals surface area (Å²) < 4.78 is 0. The lowest BCUT2D eigenvalue weighted by Gasteiger charge is -2.26. The van der Waals surface area contributed by atoms with E-state index in [4.69, 9.17) is 5.73 Å². The largest absolute Gasteiger partial charge is 0.378 e. The summed E-state index contributed by atoms with van der Waals surface area (Å²) in [4.78, 5) is 2.34. The molecule has 96 valence electrons. The van der Waals surface area contributed by atoms with Gasteiger partial charge in [0.15, 0.2) is 0 Å². The van der Waals surface area contributed by atoms with Crippen molar-refractivity contribution in [1.29, 1.82) is 0 Å². The van der Waals surface area contributed by atoms with Crippen LogP contribution in [-0.4, -0.2) is 25.0 Å². The molecule has 0 aliphatic carbocycles. The van der Waals surface area contributed by atoms with Crippen molar-refractivity contribution in [3.8, 4) is 0 Å². The molecular formula is C14H30N2. The number of nitrogens with two attached hydrogens (primary N) is 1. The lowest BCUT2D eigenvalue weighted by Crippen LogP contribution is -2.27. The van der Waals surface area contributed by atoms with E-state index in [9.17, 15) is 0 Å². The molecule has 0 heterocycles. The van der Waals surface area contributed by atoms with Gasteiger partial charge in [0.1, 0.15) is 0 Å². The zero-order valence-electron chi connectivity index (χ0n) is 12.0. The van der Waals surface area contributed by atoms with Gasteiger partial charge in [0, 0.05) is 19.3 Å². The van der Waals surface area contributed by atoms with Gasteiger partial charge >= 0.3 is 0 Å². The minimum atomic E-state index is 0.566. The highest BCUT2D eigenvalue weighted by molar-refractivity contribution is 5.08. The highest BCUT2D eigenvalue weighted by atomic mass is 15.1. The minimum Gasteiger partial charge on any atom is -0.378 e. The standard InChI is InChI=1S/C14H30N2/c1-7-11(2)8-13(4)14(5)16(6)10-12(3)9-15/h11-12H,7-10,15H2,1-6H3/b14-13-. The van der Waals surface area contributed by atoms with Crippen molar-refractivity contribution in [3.63, 3.8) is 0 Å². The van der Waals surface area contributed by atoms with Crippen LogP contribution in [-0.2, 0) is 0 Å². The summed E-state index contributed by atoms with van der Waals surface area (Å²) in [5.41, 5.74) is 8.59. The third-order valence-electron chi connectivity index (χ3n) is 3.53.